The first kappa shape index (κ1) is 12.8. The van der Waals surface area contributed by atoms with Gasteiger partial charge >= 0.3 is 6.03 Å². The van der Waals surface area contributed by atoms with Crippen LogP contribution < -0.4 is 5.32 Å². The predicted molar refractivity (Wildman–Crippen MR) is 77.2 cm³/mol. The van der Waals surface area contributed by atoms with Gasteiger partial charge in [0.1, 0.15) is 0 Å². The van der Waals surface area contributed by atoms with E-state index in [4.69, 9.17) is 23.2 Å². The van der Waals surface area contributed by atoms with E-state index in [1.165, 1.54) is 0 Å². The van der Waals surface area contributed by atoms with Crippen molar-refractivity contribution in [3.05, 3.63) is 34.4 Å². The number of carbonyl (C=O) groups is 1. The second-order valence-electron chi connectivity index (χ2n) is 4.53. The monoisotopic (exact) mass is 297 g/mol. The van der Waals surface area contributed by atoms with Gasteiger partial charge in [0.25, 0.3) is 0 Å². The smallest absolute Gasteiger partial charge is 0.322 e. The van der Waals surface area contributed by atoms with Gasteiger partial charge in [0.2, 0.25) is 0 Å². The van der Waals surface area contributed by atoms with Crippen LogP contribution in [0.2, 0.25) is 10.0 Å². The Morgan fingerprint density at radius 1 is 1.21 bits per heavy atom. The highest BCUT2D eigenvalue weighted by molar-refractivity contribution is 6.38. The zero-order valence-corrected chi connectivity index (χ0v) is 11.7. The van der Waals surface area contributed by atoms with Crippen molar-refractivity contribution in [3.63, 3.8) is 0 Å². The molecule has 0 unspecified atom stereocenters. The zero-order valence-electron chi connectivity index (χ0n) is 10.2. The number of nitrogens with zero attached hydrogens (tertiary/aromatic N) is 2. The maximum atomic E-state index is 12.5. The van der Waals surface area contributed by atoms with Crippen LogP contribution in [0, 0.1) is 0 Å². The molecule has 6 heteroatoms. The molecule has 0 aliphatic carbocycles. The van der Waals surface area contributed by atoms with Gasteiger partial charge in [-0.25, -0.2) is 4.79 Å². The highest BCUT2D eigenvalue weighted by atomic mass is 35.5. The van der Waals surface area contributed by atoms with Gasteiger partial charge in [0.15, 0.2) is 0 Å². The molecule has 0 saturated carbocycles. The predicted octanol–water partition coefficient (Wildman–Crippen LogP) is 2.82. The van der Waals surface area contributed by atoms with Gasteiger partial charge in [-0.1, -0.05) is 23.2 Å². The van der Waals surface area contributed by atoms with Crippen molar-refractivity contribution in [3.8, 4) is 0 Å². The van der Waals surface area contributed by atoms with Crippen LogP contribution in [0.3, 0.4) is 0 Å². The van der Waals surface area contributed by atoms with Crippen LogP contribution in [0.4, 0.5) is 4.79 Å². The summed E-state index contributed by atoms with van der Waals surface area (Å²) in [5.74, 6) is 0. The van der Waals surface area contributed by atoms with E-state index in [1.807, 2.05) is 17.0 Å². The Kier molecular flexibility index (Phi) is 3.39. The fraction of sp³-hybridized carbons (Fsp3) is 0.308. The summed E-state index contributed by atoms with van der Waals surface area (Å²) in [6, 6.07) is 5.28. The number of hydrogen-bond acceptors (Lipinski definition) is 2. The van der Waals surface area contributed by atoms with E-state index in [0.29, 0.717) is 23.1 Å². The van der Waals surface area contributed by atoms with E-state index < -0.39 is 0 Å². The SMILES string of the molecule is O=C(N1CCNCC1)n1ccc2cc(Cl)cc(Cl)c21. The largest absolute Gasteiger partial charge is 0.328 e. The van der Waals surface area contributed by atoms with Gasteiger partial charge < -0.3 is 10.2 Å². The molecule has 1 N–H and O–H groups in total. The molecule has 0 atom stereocenters. The summed E-state index contributed by atoms with van der Waals surface area (Å²) in [5, 5.41) is 5.17. The van der Waals surface area contributed by atoms with Crippen LogP contribution in [-0.4, -0.2) is 41.7 Å². The first-order chi connectivity index (χ1) is 9.16. The molecular formula is C13H13Cl2N3O. The third-order valence-corrected chi connectivity index (χ3v) is 3.80. The first-order valence-corrected chi connectivity index (χ1v) is 6.88. The highest BCUT2D eigenvalue weighted by Gasteiger charge is 2.20. The second-order valence-corrected chi connectivity index (χ2v) is 5.37. The average Bonchev–Trinajstić information content (AvgIpc) is 2.83. The minimum Gasteiger partial charge on any atom is -0.322 e. The van der Waals surface area contributed by atoms with Gasteiger partial charge in [-0.2, -0.15) is 0 Å². The van der Waals surface area contributed by atoms with E-state index in [0.717, 1.165) is 24.0 Å². The lowest BCUT2D eigenvalue weighted by molar-refractivity contribution is 0.193. The number of fused-ring (bicyclic) bond motifs is 1. The molecule has 2 aromatic rings. The second kappa shape index (κ2) is 5.04. The Labute approximate surface area is 120 Å². The Balaban J connectivity index is 2.03. The topological polar surface area (TPSA) is 37.3 Å². The van der Waals surface area contributed by atoms with Crippen molar-refractivity contribution < 1.29 is 4.79 Å². The maximum absolute atomic E-state index is 12.5. The fourth-order valence-electron chi connectivity index (χ4n) is 2.36. The van der Waals surface area contributed by atoms with Crippen molar-refractivity contribution in [1.29, 1.82) is 0 Å². The summed E-state index contributed by atoms with van der Waals surface area (Å²) in [5.41, 5.74) is 0.717. The number of rotatable bonds is 0. The van der Waals surface area contributed by atoms with E-state index in [9.17, 15) is 4.79 Å². The molecule has 1 amide bonds. The molecular weight excluding hydrogens is 285 g/mol. The summed E-state index contributed by atoms with van der Waals surface area (Å²) in [7, 11) is 0. The number of piperazine rings is 1. The quantitative estimate of drug-likeness (QED) is 0.812. The molecule has 100 valence electrons. The lowest BCUT2D eigenvalue weighted by Crippen LogP contribution is -2.47. The standard InChI is InChI=1S/C13H13Cl2N3O/c14-10-7-9-1-4-18(12(9)11(15)8-10)13(19)17-5-2-16-3-6-17/h1,4,7-8,16H,2-3,5-6H2. The average molecular weight is 298 g/mol. The molecule has 1 fully saturated rings. The number of carbonyl (C=O) groups excluding carboxylic acids is 1. The van der Waals surface area contributed by atoms with Crippen molar-refractivity contribution >= 4 is 40.1 Å². The molecule has 19 heavy (non-hydrogen) atoms. The Hall–Kier alpha value is -1.23. The van der Waals surface area contributed by atoms with Gasteiger partial charge in [0, 0.05) is 42.8 Å². The number of aromatic nitrogens is 1. The van der Waals surface area contributed by atoms with E-state index in [-0.39, 0.29) is 6.03 Å². The molecule has 2 heterocycles. The van der Waals surface area contributed by atoms with Crippen molar-refractivity contribution in [2.45, 2.75) is 0 Å². The van der Waals surface area contributed by atoms with Gasteiger partial charge in [0.05, 0.1) is 10.5 Å². The molecule has 3 rings (SSSR count). The van der Waals surface area contributed by atoms with Gasteiger partial charge in [-0.3, -0.25) is 4.57 Å². The van der Waals surface area contributed by atoms with Crippen LogP contribution in [0.15, 0.2) is 24.4 Å². The summed E-state index contributed by atoms with van der Waals surface area (Å²) >= 11 is 12.2. The maximum Gasteiger partial charge on any atom is 0.328 e. The van der Waals surface area contributed by atoms with Gasteiger partial charge in [-0.15, -0.1) is 0 Å². The minimum absolute atomic E-state index is 0.0410. The van der Waals surface area contributed by atoms with Gasteiger partial charge in [-0.05, 0) is 18.2 Å². The molecule has 1 aliphatic heterocycles. The summed E-state index contributed by atoms with van der Waals surface area (Å²) in [6.07, 6.45) is 1.75. The summed E-state index contributed by atoms with van der Waals surface area (Å²) < 4.78 is 1.60. The Morgan fingerprint density at radius 2 is 1.95 bits per heavy atom. The Morgan fingerprint density at radius 3 is 2.68 bits per heavy atom. The van der Waals surface area contributed by atoms with E-state index >= 15 is 0 Å². The van der Waals surface area contributed by atoms with Crippen LogP contribution in [0.25, 0.3) is 10.9 Å². The molecule has 0 radical (unpaired) electrons. The molecule has 1 aliphatic rings. The van der Waals surface area contributed by atoms with Crippen LogP contribution >= 0.6 is 23.2 Å². The lowest BCUT2D eigenvalue weighted by Gasteiger charge is -2.27. The molecule has 1 saturated heterocycles. The van der Waals surface area contributed by atoms with E-state index in [2.05, 4.69) is 5.32 Å². The van der Waals surface area contributed by atoms with Crippen molar-refractivity contribution in [2.75, 3.05) is 26.2 Å². The molecule has 4 nitrogen and oxygen atoms in total. The third kappa shape index (κ3) is 2.31. The lowest BCUT2D eigenvalue weighted by atomic mass is 10.2. The molecule has 0 bridgehead atoms. The number of amides is 1. The van der Waals surface area contributed by atoms with Crippen LogP contribution in [-0.2, 0) is 0 Å². The zero-order chi connectivity index (χ0) is 13.4. The highest BCUT2D eigenvalue weighted by Crippen LogP contribution is 2.29. The molecule has 1 aromatic heterocycles. The molecule has 1 aromatic carbocycles. The number of halogens is 2. The third-order valence-electron chi connectivity index (χ3n) is 3.30. The molecule has 0 spiro atoms. The fourth-order valence-corrected chi connectivity index (χ4v) is 2.96. The number of hydrogen-bond donors (Lipinski definition) is 1. The van der Waals surface area contributed by atoms with Crippen LogP contribution in [0.5, 0.6) is 0 Å². The minimum atomic E-state index is -0.0410. The van der Waals surface area contributed by atoms with E-state index in [1.54, 1.807) is 16.8 Å². The first-order valence-electron chi connectivity index (χ1n) is 6.13. The Bertz CT molecular complexity index is 632. The normalized spacial score (nSPS) is 16.0. The summed E-state index contributed by atoms with van der Waals surface area (Å²) in [4.78, 5) is 14.3. The number of benzene rings is 1. The van der Waals surface area contributed by atoms with Crippen molar-refractivity contribution in [1.82, 2.24) is 14.8 Å². The summed E-state index contributed by atoms with van der Waals surface area (Å²) in [6.45, 7) is 3.07. The number of nitrogens with one attached hydrogen (secondary N) is 1. The van der Waals surface area contributed by atoms with Crippen LogP contribution in [0.1, 0.15) is 0 Å². The van der Waals surface area contributed by atoms with Crippen molar-refractivity contribution in [2.24, 2.45) is 0 Å².